The van der Waals surface area contributed by atoms with Crippen LogP contribution in [0.15, 0.2) is 36.7 Å². The van der Waals surface area contributed by atoms with Gasteiger partial charge in [-0.25, -0.2) is 14.4 Å². The second-order valence-electron chi connectivity index (χ2n) is 4.16. The lowest BCUT2D eigenvalue weighted by Gasteiger charge is -2.17. The smallest absolute Gasteiger partial charge is 0.145 e. The van der Waals surface area contributed by atoms with E-state index in [1.54, 1.807) is 24.5 Å². The normalized spacial score (nSPS) is 12.4. The lowest BCUT2D eigenvalue weighted by Crippen LogP contribution is -2.25. The van der Waals surface area contributed by atoms with Crippen LogP contribution in [0.1, 0.15) is 24.4 Å². The summed E-state index contributed by atoms with van der Waals surface area (Å²) in [6.07, 6.45) is 4.04. The van der Waals surface area contributed by atoms with E-state index in [1.165, 1.54) is 12.1 Å². The van der Waals surface area contributed by atoms with Gasteiger partial charge in [0.15, 0.2) is 0 Å². The molecule has 0 amide bonds. The van der Waals surface area contributed by atoms with Crippen LogP contribution < -0.4 is 5.32 Å². The van der Waals surface area contributed by atoms with Crippen molar-refractivity contribution in [1.29, 1.82) is 0 Å². The molecule has 0 aliphatic rings. The van der Waals surface area contributed by atoms with E-state index in [1.807, 2.05) is 6.92 Å². The van der Waals surface area contributed by atoms with Gasteiger partial charge in [0.2, 0.25) is 0 Å². The first kappa shape index (κ1) is 13.9. The molecule has 0 bridgehead atoms. The van der Waals surface area contributed by atoms with Gasteiger partial charge in [0.25, 0.3) is 0 Å². The minimum absolute atomic E-state index is 0.0332. The van der Waals surface area contributed by atoms with Crippen LogP contribution in [-0.4, -0.2) is 16.5 Å². The summed E-state index contributed by atoms with van der Waals surface area (Å²) in [6.45, 7) is 2.81. The number of nitrogens with one attached hydrogen (secondary N) is 1. The molecule has 0 saturated carbocycles. The second-order valence-corrected chi connectivity index (χ2v) is 4.56. The molecule has 19 heavy (non-hydrogen) atoms. The Hall–Kier alpha value is -1.52. The van der Waals surface area contributed by atoms with E-state index in [0.29, 0.717) is 17.3 Å². The van der Waals surface area contributed by atoms with Crippen molar-refractivity contribution in [3.05, 3.63) is 58.9 Å². The minimum Gasteiger partial charge on any atom is -0.307 e. The van der Waals surface area contributed by atoms with Crippen LogP contribution in [0, 0.1) is 5.82 Å². The Labute approximate surface area is 116 Å². The van der Waals surface area contributed by atoms with E-state index in [4.69, 9.17) is 11.6 Å². The Morgan fingerprint density at radius 3 is 2.68 bits per heavy atom. The van der Waals surface area contributed by atoms with Gasteiger partial charge in [-0.15, -0.1) is 0 Å². The molecule has 2 rings (SSSR count). The molecule has 5 heteroatoms. The number of hydrogen-bond donors (Lipinski definition) is 1. The first-order valence-corrected chi connectivity index (χ1v) is 6.52. The van der Waals surface area contributed by atoms with Crippen molar-refractivity contribution >= 4 is 11.6 Å². The zero-order valence-electron chi connectivity index (χ0n) is 10.6. The zero-order valence-corrected chi connectivity index (χ0v) is 11.4. The van der Waals surface area contributed by atoms with Crippen LogP contribution in [0.25, 0.3) is 0 Å². The van der Waals surface area contributed by atoms with Gasteiger partial charge in [-0.05, 0) is 36.7 Å². The number of nitrogens with zero attached hydrogens (tertiary/aromatic N) is 2. The molecule has 1 N–H and O–H groups in total. The number of hydrogen-bond acceptors (Lipinski definition) is 3. The lowest BCUT2D eigenvalue weighted by molar-refractivity contribution is 0.521. The topological polar surface area (TPSA) is 37.8 Å². The standard InChI is InChI=1S/C14H15ClFN3/c1-2-17-13(14-18-6-3-7-19-14)8-10-4-5-11(16)9-12(10)15/h3-7,9,13,17H,2,8H2,1H3. The maximum Gasteiger partial charge on any atom is 0.145 e. The average molecular weight is 280 g/mol. The van der Waals surface area contributed by atoms with Crippen LogP contribution >= 0.6 is 11.6 Å². The fourth-order valence-corrected chi connectivity index (χ4v) is 2.14. The minimum atomic E-state index is -0.329. The van der Waals surface area contributed by atoms with Gasteiger partial charge in [0, 0.05) is 17.4 Å². The molecular formula is C14H15ClFN3. The third-order valence-electron chi connectivity index (χ3n) is 2.79. The Morgan fingerprint density at radius 2 is 2.05 bits per heavy atom. The van der Waals surface area contributed by atoms with Crippen molar-refractivity contribution in [2.24, 2.45) is 0 Å². The molecule has 0 fully saturated rings. The summed E-state index contributed by atoms with van der Waals surface area (Å²) in [5, 5.41) is 3.74. The maximum absolute atomic E-state index is 13.0. The quantitative estimate of drug-likeness (QED) is 0.914. The van der Waals surface area contributed by atoms with E-state index in [0.717, 1.165) is 12.1 Å². The first-order valence-electron chi connectivity index (χ1n) is 6.15. The molecule has 1 unspecified atom stereocenters. The third kappa shape index (κ3) is 3.72. The van der Waals surface area contributed by atoms with Crippen molar-refractivity contribution in [2.45, 2.75) is 19.4 Å². The molecule has 0 aliphatic heterocycles. The number of aromatic nitrogens is 2. The molecule has 0 radical (unpaired) electrons. The monoisotopic (exact) mass is 279 g/mol. The van der Waals surface area contributed by atoms with Gasteiger partial charge in [-0.2, -0.15) is 0 Å². The van der Waals surface area contributed by atoms with Gasteiger partial charge in [0.1, 0.15) is 11.6 Å². The number of likely N-dealkylation sites (N-methyl/N-ethyl adjacent to an activating group) is 1. The van der Waals surface area contributed by atoms with Gasteiger partial charge in [-0.1, -0.05) is 24.6 Å². The SMILES string of the molecule is CCNC(Cc1ccc(F)cc1Cl)c1ncccn1. The Bertz CT molecular complexity index is 533. The zero-order chi connectivity index (χ0) is 13.7. The summed E-state index contributed by atoms with van der Waals surface area (Å²) in [5.74, 6) is 0.384. The van der Waals surface area contributed by atoms with E-state index in [9.17, 15) is 4.39 Å². The number of benzene rings is 1. The lowest BCUT2D eigenvalue weighted by atomic mass is 10.0. The number of halogens is 2. The maximum atomic E-state index is 13.0. The van der Waals surface area contributed by atoms with E-state index < -0.39 is 0 Å². The van der Waals surface area contributed by atoms with Gasteiger partial charge >= 0.3 is 0 Å². The van der Waals surface area contributed by atoms with Crippen LogP contribution in [0.3, 0.4) is 0 Å². The summed E-state index contributed by atoms with van der Waals surface area (Å²) in [7, 11) is 0. The fraction of sp³-hybridized carbons (Fsp3) is 0.286. The highest BCUT2D eigenvalue weighted by Gasteiger charge is 2.15. The van der Waals surface area contributed by atoms with Crippen molar-refractivity contribution in [1.82, 2.24) is 15.3 Å². The van der Waals surface area contributed by atoms with Crippen molar-refractivity contribution in [2.75, 3.05) is 6.54 Å². The molecule has 100 valence electrons. The van der Waals surface area contributed by atoms with Crippen molar-refractivity contribution in [3.8, 4) is 0 Å². The Kier molecular flexibility index (Phi) is 4.82. The molecule has 1 atom stereocenters. The Balaban J connectivity index is 2.21. The molecule has 0 saturated heterocycles. The third-order valence-corrected chi connectivity index (χ3v) is 3.14. The second kappa shape index (κ2) is 6.59. The molecule has 0 aliphatic carbocycles. The van der Waals surface area contributed by atoms with E-state index in [-0.39, 0.29) is 11.9 Å². The Morgan fingerprint density at radius 1 is 1.32 bits per heavy atom. The largest absolute Gasteiger partial charge is 0.307 e. The highest BCUT2D eigenvalue weighted by molar-refractivity contribution is 6.31. The summed E-state index contributed by atoms with van der Waals surface area (Å²) < 4.78 is 13.0. The van der Waals surface area contributed by atoms with Crippen LogP contribution in [0.2, 0.25) is 5.02 Å². The van der Waals surface area contributed by atoms with Crippen LogP contribution in [0.4, 0.5) is 4.39 Å². The molecule has 2 aromatic rings. The van der Waals surface area contributed by atoms with Gasteiger partial charge < -0.3 is 5.32 Å². The molecule has 3 nitrogen and oxygen atoms in total. The summed E-state index contributed by atoms with van der Waals surface area (Å²) in [5.41, 5.74) is 0.876. The predicted molar refractivity (Wildman–Crippen MR) is 73.6 cm³/mol. The molecule has 1 heterocycles. The molecule has 0 spiro atoms. The molecular weight excluding hydrogens is 265 g/mol. The predicted octanol–water partition coefficient (Wildman–Crippen LogP) is 3.16. The molecule has 1 aromatic heterocycles. The number of rotatable bonds is 5. The summed E-state index contributed by atoms with van der Waals surface area (Å²) in [4.78, 5) is 8.50. The van der Waals surface area contributed by atoms with Crippen molar-refractivity contribution < 1.29 is 4.39 Å². The average Bonchev–Trinajstić information content (AvgIpc) is 2.42. The summed E-state index contributed by atoms with van der Waals surface area (Å²) in [6, 6.07) is 6.18. The molecule has 1 aromatic carbocycles. The fourth-order valence-electron chi connectivity index (χ4n) is 1.90. The summed E-state index contributed by atoms with van der Waals surface area (Å²) >= 11 is 6.05. The van der Waals surface area contributed by atoms with Crippen LogP contribution in [-0.2, 0) is 6.42 Å². The van der Waals surface area contributed by atoms with Gasteiger partial charge in [-0.3, -0.25) is 0 Å². The van der Waals surface area contributed by atoms with E-state index in [2.05, 4.69) is 15.3 Å². The van der Waals surface area contributed by atoms with Crippen molar-refractivity contribution in [3.63, 3.8) is 0 Å². The highest BCUT2D eigenvalue weighted by atomic mass is 35.5. The highest BCUT2D eigenvalue weighted by Crippen LogP contribution is 2.22. The van der Waals surface area contributed by atoms with E-state index >= 15 is 0 Å². The van der Waals surface area contributed by atoms with Gasteiger partial charge in [0.05, 0.1) is 6.04 Å². The van der Waals surface area contributed by atoms with Crippen LogP contribution in [0.5, 0.6) is 0 Å². The first-order chi connectivity index (χ1) is 9.20.